The molecule has 0 aromatic heterocycles. The standard InChI is InChI=1S/C26H31Cl2NO4/c1-26(2,19-11-7-13-21(28)16-19)23(18-10-6-12-20(27)15-18)33-25(32)29-22(24(30)31)14-17-8-4-3-5-9-17/h6-7,10-13,15-17,22-23H,3-5,8-9,14H2,1-2H3,(H,29,32)(H,30,31)/t22-,23?/m0/s1. The molecule has 0 bridgehead atoms. The van der Waals surface area contributed by atoms with Crippen LogP contribution >= 0.6 is 23.2 Å². The number of aliphatic carboxylic acids is 1. The minimum Gasteiger partial charge on any atom is -0.480 e. The molecule has 0 aliphatic heterocycles. The summed E-state index contributed by atoms with van der Waals surface area (Å²) in [5.74, 6) is -0.752. The Labute approximate surface area is 205 Å². The van der Waals surface area contributed by atoms with Crippen molar-refractivity contribution in [3.63, 3.8) is 0 Å². The fourth-order valence-electron chi connectivity index (χ4n) is 4.60. The Kier molecular flexibility index (Phi) is 8.66. The summed E-state index contributed by atoms with van der Waals surface area (Å²) in [4.78, 5) is 24.8. The summed E-state index contributed by atoms with van der Waals surface area (Å²) in [5.41, 5.74) is 0.918. The molecule has 5 nitrogen and oxygen atoms in total. The van der Waals surface area contributed by atoms with E-state index >= 15 is 0 Å². The van der Waals surface area contributed by atoms with E-state index in [1.807, 2.05) is 38.1 Å². The van der Waals surface area contributed by atoms with Gasteiger partial charge in [0.2, 0.25) is 0 Å². The quantitative estimate of drug-likeness (QED) is 0.410. The molecule has 0 saturated heterocycles. The van der Waals surface area contributed by atoms with Crippen molar-refractivity contribution in [2.75, 3.05) is 0 Å². The van der Waals surface area contributed by atoms with E-state index in [9.17, 15) is 14.7 Å². The first-order chi connectivity index (χ1) is 15.7. The Hall–Kier alpha value is -2.24. The topological polar surface area (TPSA) is 75.6 Å². The number of carboxylic acid groups (broad SMARTS) is 1. The average molecular weight is 492 g/mol. The van der Waals surface area contributed by atoms with Crippen LogP contribution in [-0.2, 0) is 14.9 Å². The van der Waals surface area contributed by atoms with Crippen LogP contribution < -0.4 is 5.32 Å². The molecule has 7 heteroatoms. The molecule has 1 saturated carbocycles. The molecule has 178 valence electrons. The Bertz CT molecular complexity index is 972. The smallest absolute Gasteiger partial charge is 0.408 e. The Morgan fingerprint density at radius 2 is 1.70 bits per heavy atom. The van der Waals surface area contributed by atoms with E-state index in [2.05, 4.69) is 5.32 Å². The number of hydrogen-bond acceptors (Lipinski definition) is 3. The van der Waals surface area contributed by atoms with Gasteiger partial charge in [-0.05, 0) is 47.7 Å². The number of carboxylic acids is 1. The van der Waals surface area contributed by atoms with Gasteiger partial charge >= 0.3 is 12.1 Å². The van der Waals surface area contributed by atoms with E-state index in [0.29, 0.717) is 27.9 Å². The molecule has 33 heavy (non-hydrogen) atoms. The van der Waals surface area contributed by atoms with Crippen LogP contribution in [0, 0.1) is 5.92 Å². The van der Waals surface area contributed by atoms with Gasteiger partial charge in [0.15, 0.2) is 0 Å². The highest BCUT2D eigenvalue weighted by molar-refractivity contribution is 6.30. The summed E-state index contributed by atoms with van der Waals surface area (Å²) in [6, 6.07) is 13.5. The lowest BCUT2D eigenvalue weighted by Crippen LogP contribution is -2.44. The van der Waals surface area contributed by atoms with Gasteiger partial charge in [-0.25, -0.2) is 9.59 Å². The molecular weight excluding hydrogens is 461 g/mol. The van der Waals surface area contributed by atoms with Gasteiger partial charge in [0.05, 0.1) is 0 Å². The molecule has 1 unspecified atom stereocenters. The molecule has 0 spiro atoms. The van der Waals surface area contributed by atoms with Gasteiger partial charge in [0.1, 0.15) is 12.1 Å². The summed E-state index contributed by atoms with van der Waals surface area (Å²) < 4.78 is 5.91. The van der Waals surface area contributed by atoms with Crippen LogP contribution in [0.1, 0.15) is 69.6 Å². The number of ether oxygens (including phenoxy) is 1. The van der Waals surface area contributed by atoms with Crippen molar-refractivity contribution in [2.24, 2.45) is 5.92 Å². The maximum atomic E-state index is 13.0. The van der Waals surface area contributed by atoms with Crippen LogP contribution in [0.25, 0.3) is 0 Å². The summed E-state index contributed by atoms with van der Waals surface area (Å²) in [5, 5.41) is 13.4. The van der Waals surface area contributed by atoms with Crippen molar-refractivity contribution >= 4 is 35.3 Å². The highest BCUT2D eigenvalue weighted by Gasteiger charge is 2.37. The van der Waals surface area contributed by atoms with E-state index in [0.717, 1.165) is 31.2 Å². The highest BCUT2D eigenvalue weighted by atomic mass is 35.5. The zero-order valence-electron chi connectivity index (χ0n) is 19.0. The third-order valence-electron chi connectivity index (χ3n) is 6.48. The molecule has 2 aromatic rings. The van der Waals surface area contributed by atoms with Crippen LogP contribution in [0.15, 0.2) is 48.5 Å². The van der Waals surface area contributed by atoms with Crippen molar-refractivity contribution in [3.8, 4) is 0 Å². The van der Waals surface area contributed by atoms with Crippen molar-refractivity contribution < 1.29 is 19.4 Å². The number of nitrogens with one attached hydrogen (secondary N) is 1. The molecule has 1 aliphatic rings. The van der Waals surface area contributed by atoms with E-state index in [4.69, 9.17) is 27.9 Å². The maximum absolute atomic E-state index is 13.0. The van der Waals surface area contributed by atoms with Crippen LogP contribution in [0.4, 0.5) is 4.79 Å². The minimum absolute atomic E-state index is 0.298. The molecule has 3 rings (SSSR count). The third kappa shape index (κ3) is 6.87. The monoisotopic (exact) mass is 491 g/mol. The molecule has 2 aromatic carbocycles. The summed E-state index contributed by atoms with van der Waals surface area (Å²) >= 11 is 12.4. The van der Waals surface area contributed by atoms with Gasteiger partial charge in [0, 0.05) is 15.5 Å². The third-order valence-corrected chi connectivity index (χ3v) is 6.95. The average Bonchev–Trinajstić information content (AvgIpc) is 2.77. The first-order valence-corrected chi connectivity index (χ1v) is 12.1. The SMILES string of the molecule is CC(C)(c1cccc(Cl)c1)C(OC(=O)N[C@@H](CC1CCCCC1)C(=O)O)c1cccc(Cl)c1. The first-order valence-electron chi connectivity index (χ1n) is 11.4. The van der Waals surface area contributed by atoms with E-state index in [-0.39, 0.29) is 0 Å². The number of carbonyl (C=O) groups excluding carboxylic acids is 1. The number of hydrogen-bond donors (Lipinski definition) is 2. The van der Waals surface area contributed by atoms with Gasteiger partial charge in [-0.15, -0.1) is 0 Å². The van der Waals surface area contributed by atoms with Gasteiger partial charge in [0.25, 0.3) is 0 Å². The molecule has 0 heterocycles. The second kappa shape index (κ2) is 11.3. The highest BCUT2D eigenvalue weighted by Crippen LogP contribution is 2.41. The Balaban J connectivity index is 1.83. The van der Waals surface area contributed by atoms with Crippen molar-refractivity contribution in [1.29, 1.82) is 0 Å². The lowest BCUT2D eigenvalue weighted by atomic mass is 9.76. The van der Waals surface area contributed by atoms with Gasteiger partial charge in [-0.2, -0.15) is 0 Å². The Morgan fingerprint density at radius 3 is 2.30 bits per heavy atom. The van der Waals surface area contributed by atoms with Crippen molar-refractivity contribution in [3.05, 3.63) is 69.7 Å². The van der Waals surface area contributed by atoms with Crippen molar-refractivity contribution in [1.82, 2.24) is 5.32 Å². The summed E-state index contributed by atoms with van der Waals surface area (Å²) in [6.45, 7) is 3.91. The molecule has 0 radical (unpaired) electrons. The minimum atomic E-state index is -1.05. The predicted octanol–water partition coefficient (Wildman–Crippen LogP) is 7.16. The Morgan fingerprint density at radius 1 is 1.06 bits per heavy atom. The largest absolute Gasteiger partial charge is 0.480 e. The van der Waals surface area contributed by atoms with Crippen molar-refractivity contribution in [2.45, 2.75) is 69.9 Å². The summed E-state index contributed by atoms with van der Waals surface area (Å²) in [7, 11) is 0. The van der Waals surface area contributed by atoms with Crippen LogP contribution in [0.3, 0.4) is 0 Å². The first kappa shape index (κ1) is 25.4. The van der Waals surface area contributed by atoms with E-state index in [1.54, 1.807) is 24.3 Å². The normalized spacial score (nSPS) is 16.6. The van der Waals surface area contributed by atoms with E-state index in [1.165, 1.54) is 6.42 Å². The number of benzene rings is 2. The molecule has 2 atom stereocenters. The number of carbonyl (C=O) groups is 2. The van der Waals surface area contributed by atoms with Crippen LogP contribution in [-0.4, -0.2) is 23.2 Å². The zero-order valence-corrected chi connectivity index (χ0v) is 20.5. The molecule has 1 aliphatic carbocycles. The number of alkyl carbamates (subject to hydrolysis) is 1. The fourth-order valence-corrected chi connectivity index (χ4v) is 4.99. The maximum Gasteiger partial charge on any atom is 0.408 e. The van der Waals surface area contributed by atoms with Gasteiger partial charge in [-0.3, -0.25) is 0 Å². The molecule has 2 N–H and O–H groups in total. The predicted molar refractivity (Wildman–Crippen MR) is 131 cm³/mol. The number of halogens is 2. The fraction of sp³-hybridized carbons (Fsp3) is 0.462. The van der Waals surface area contributed by atoms with Gasteiger partial charge < -0.3 is 15.2 Å². The molecule has 1 fully saturated rings. The summed E-state index contributed by atoms with van der Waals surface area (Å²) in [6.07, 6.45) is 4.30. The van der Waals surface area contributed by atoms with Crippen LogP contribution in [0.5, 0.6) is 0 Å². The van der Waals surface area contributed by atoms with Crippen LogP contribution in [0.2, 0.25) is 10.0 Å². The number of amides is 1. The molecular formula is C26H31Cl2NO4. The lowest BCUT2D eigenvalue weighted by molar-refractivity contribution is -0.140. The van der Waals surface area contributed by atoms with Gasteiger partial charge in [-0.1, -0.05) is 93.4 Å². The number of rotatable bonds is 8. The molecule has 1 amide bonds. The second-order valence-corrected chi connectivity index (χ2v) is 10.2. The van der Waals surface area contributed by atoms with E-state index < -0.39 is 29.6 Å². The second-order valence-electron chi connectivity index (χ2n) is 9.35. The lowest BCUT2D eigenvalue weighted by Gasteiger charge is -2.35. The zero-order chi connectivity index (χ0) is 24.0.